The van der Waals surface area contributed by atoms with Crippen molar-refractivity contribution in [2.24, 2.45) is 5.73 Å². The van der Waals surface area contributed by atoms with Crippen LogP contribution in [0.2, 0.25) is 0 Å². The van der Waals surface area contributed by atoms with Crippen LogP contribution in [-0.2, 0) is 0 Å². The highest BCUT2D eigenvalue weighted by Gasteiger charge is 2.14. The SMILES string of the molecule is NC(O)c1cnc2ccc(-c3cccnc3-c3ccc(F)cn3)nn12. The van der Waals surface area contributed by atoms with E-state index in [0.29, 0.717) is 28.4 Å². The van der Waals surface area contributed by atoms with Crippen LogP contribution < -0.4 is 5.73 Å². The Balaban J connectivity index is 1.89. The third-order valence-corrected chi connectivity index (χ3v) is 3.75. The maximum atomic E-state index is 13.1. The van der Waals surface area contributed by atoms with Gasteiger partial charge in [-0.3, -0.25) is 9.97 Å². The van der Waals surface area contributed by atoms with Gasteiger partial charge in [0.1, 0.15) is 17.7 Å². The van der Waals surface area contributed by atoms with Gasteiger partial charge >= 0.3 is 0 Å². The fourth-order valence-electron chi connectivity index (χ4n) is 2.57. The van der Waals surface area contributed by atoms with Gasteiger partial charge in [0, 0.05) is 11.8 Å². The summed E-state index contributed by atoms with van der Waals surface area (Å²) in [5, 5.41) is 14.2. The summed E-state index contributed by atoms with van der Waals surface area (Å²) in [7, 11) is 0. The Morgan fingerprint density at radius 3 is 2.60 bits per heavy atom. The number of pyridine rings is 2. The average molecular weight is 336 g/mol. The van der Waals surface area contributed by atoms with Gasteiger partial charge in [-0.1, -0.05) is 0 Å². The van der Waals surface area contributed by atoms with Crippen molar-refractivity contribution in [3.63, 3.8) is 0 Å². The maximum absolute atomic E-state index is 13.1. The van der Waals surface area contributed by atoms with Gasteiger partial charge in [-0.15, -0.1) is 0 Å². The zero-order chi connectivity index (χ0) is 17.4. The van der Waals surface area contributed by atoms with Crippen LogP contribution >= 0.6 is 0 Å². The lowest BCUT2D eigenvalue weighted by atomic mass is 10.1. The molecule has 1 atom stereocenters. The third kappa shape index (κ3) is 2.73. The molecule has 4 heterocycles. The van der Waals surface area contributed by atoms with Crippen LogP contribution in [0.3, 0.4) is 0 Å². The van der Waals surface area contributed by atoms with Gasteiger partial charge in [-0.05, 0) is 36.4 Å². The van der Waals surface area contributed by atoms with Gasteiger partial charge in [-0.2, -0.15) is 5.10 Å². The second kappa shape index (κ2) is 6.00. The standard InChI is InChI=1S/C17H13FN6O/c18-10-3-4-13(21-8-10)16-11(2-1-7-20-16)12-5-6-15-22-9-14(17(19)25)24(15)23-12/h1-9,17,25H,19H2. The Hall–Kier alpha value is -3.23. The molecule has 0 bridgehead atoms. The largest absolute Gasteiger partial charge is 0.373 e. The molecule has 3 N–H and O–H groups in total. The fourth-order valence-corrected chi connectivity index (χ4v) is 2.57. The van der Waals surface area contributed by atoms with Crippen molar-refractivity contribution in [3.8, 4) is 22.6 Å². The van der Waals surface area contributed by atoms with E-state index >= 15 is 0 Å². The molecule has 4 aromatic heterocycles. The molecule has 4 rings (SSSR count). The summed E-state index contributed by atoms with van der Waals surface area (Å²) < 4.78 is 14.6. The lowest BCUT2D eigenvalue weighted by molar-refractivity contribution is 0.179. The molecule has 0 aliphatic carbocycles. The number of nitrogens with zero attached hydrogens (tertiary/aromatic N) is 5. The summed E-state index contributed by atoms with van der Waals surface area (Å²) in [6.07, 6.45) is 3.06. The number of nitrogens with two attached hydrogens (primary N) is 1. The first kappa shape index (κ1) is 15.3. The second-order valence-electron chi connectivity index (χ2n) is 5.38. The number of imidazole rings is 1. The van der Waals surface area contributed by atoms with Crippen LogP contribution in [0.15, 0.2) is 55.0 Å². The van der Waals surface area contributed by atoms with Crippen molar-refractivity contribution in [1.29, 1.82) is 0 Å². The van der Waals surface area contributed by atoms with Crippen LogP contribution in [0.1, 0.15) is 11.9 Å². The van der Waals surface area contributed by atoms with Crippen molar-refractivity contribution >= 4 is 5.65 Å². The van der Waals surface area contributed by atoms with Gasteiger partial charge in [0.25, 0.3) is 0 Å². The molecule has 7 nitrogen and oxygen atoms in total. The lowest BCUT2D eigenvalue weighted by Gasteiger charge is -2.09. The lowest BCUT2D eigenvalue weighted by Crippen LogP contribution is -2.12. The highest BCUT2D eigenvalue weighted by molar-refractivity contribution is 5.77. The molecule has 0 fully saturated rings. The van der Waals surface area contributed by atoms with Crippen LogP contribution in [0, 0.1) is 5.82 Å². The second-order valence-corrected chi connectivity index (χ2v) is 5.38. The Kier molecular flexibility index (Phi) is 3.68. The molecule has 0 spiro atoms. The van der Waals surface area contributed by atoms with E-state index in [1.807, 2.05) is 6.07 Å². The maximum Gasteiger partial charge on any atom is 0.153 e. The molecule has 0 amide bonds. The summed E-state index contributed by atoms with van der Waals surface area (Å²) in [5.41, 5.74) is 8.91. The Bertz CT molecular complexity index is 1040. The molecule has 25 heavy (non-hydrogen) atoms. The highest BCUT2D eigenvalue weighted by atomic mass is 19.1. The highest BCUT2D eigenvalue weighted by Crippen LogP contribution is 2.28. The van der Waals surface area contributed by atoms with Crippen LogP contribution in [0.25, 0.3) is 28.3 Å². The van der Waals surface area contributed by atoms with E-state index in [-0.39, 0.29) is 0 Å². The number of rotatable bonds is 3. The first-order chi connectivity index (χ1) is 12.1. The van der Waals surface area contributed by atoms with E-state index in [1.54, 1.807) is 30.5 Å². The number of aliphatic hydroxyl groups excluding tert-OH is 1. The first-order valence-corrected chi connectivity index (χ1v) is 7.49. The van der Waals surface area contributed by atoms with Gasteiger partial charge in [0.2, 0.25) is 0 Å². The fraction of sp³-hybridized carbons (Fsp3) is 0.0588. The van der Waals surface area contributed by atoms with Gasteiger partial charge in [0.15, 0.2) is 5.65 Å². The van der Waals surface area contributed by atoms with Gasteiger partial charge in [0.05, 0.1) is 29.5 Å². The summed E-state index contributed by atoms with van der Waals surface area (Å²) in [6.45, 7) is 0. The van der Waals surface area contributed by atoms with Crippen molar-refractivity contribution < 1.29 is 9.50 Å². The zero-order valence-electron chi connectivity index (χ0n) is 12.9. The van der Waals surface area contributed by atoms with Gasteiger partial charge < -0.3 is 10.8 Å². The summed E-state index contributed by atoms with van der Waals surface area (Å²) in [5.74, 6) is -0.416. The molecular weight excluding hydrogens is 323 g/mol. The minimum atomic E-state index is -1.19. The summed E-state index contributed by atoms with van der Waals surface area (Å²) >= 11 is 0. The van der Waals surface area contributed by atoms with Crippen molar-refractivity contribution in [1.82, 2.24) is 24.6 Å². The van der Waals surface area contributed by atoms with Gasteiger partial charge in [-0.25, -0.2) is 13.9 Å². The molecule has 0 aliphatic heterocycles. The molecule has 8 heteroatoms. The Morgan fingerprint density at radius 2 is 1.84 bits per heavy atom. The first-order valence-electron chi connectivity index (χ1n) is 7.49. The van der Waals surface area contributed by atoms with E-state index < -0.39 is 12.0 Å². The quantitative estimate of drug-likeness (QED) is 0.554. The average Bonchev–Trinajstić information content (AvgIpc) is 3.06. The van der Waals surface area contributed by atoms with Crippen molar-refractivity contribution in [2.45, 2.75) is 6.23 Å². The van der Waals surface area contributed by atoms with Crippen molar-refractivity contribution in [3.05, 3.63) is 66.5 Å². The van der Waals surface area contributed by atoms with Crippen LogP contribution in [0.4, 0.5) is 4.39 Å². The Morgan fingerprint density at radius 1 is 1.00 bits per heavy atom. The predicted octanol–water partition coefficient (Wildman–Crippen LogP) is 1.94. The summed E-state index contributed by atoms with van der Waals surface area (Å²) in [4.78, 5) is 12.6. The van der Waals surface area contributed by atoms with E-state index in [9.17, 15) is 9.50 Å². The molecule has 1 unspecified atom stereocenters. The van der Waals surface area contributed by atoms with Crippen LogP contribution in [-0.4, -0.2) is 29.7 Å². The van der Waals surface area contributed by atoms with Crippen molar-refractivity contribution in [2.75, 3.05) is 0 Å². The van der Waals surface area contributed by atoms with E-state index in [4.69, 9.17) is 5.73 Å². The minimum Gasteiger partial charge on any atom is -0.373 e. The number of halogens is 1. The topological polar surface area (TPSA) is 102 Å². The van der Waals surface area contributed by atoms with E-state index in [0.717, 1.165) is 11.8 Å². The molecule has 4 aromatic rings. The number of aromatic nitrogens is 5. The number of aliphatic hydroxyl groups is 1. The number of hydrogen-bond acceptors (Lipinski definition) is 6. The molecular formula is C17H13FN6O. The molecule has 124 valence electrons. The molecule has 0 saturated carbocycles. The van der Waals surface area contributed by atoms with E-state index in [2.05, 4.69) is 20.1 Å². The normalized spacial score (nSPS) is 12.4. The molecule has 0 radical (unpaired) electrons. The summed E-state index contributed by atoms with van der Waals surface area (Å²) in [6, 6.07) is 10.1. The number of fused-ring (bicyclic) bond motifs is 1. The van der Waals surface area contributed by atoms with Crippen LogP contribution in [0.5, 0.6) is 0 Å². The monoisotopic (exact) mass is 336 g/mol. The minimum absolute atomic E-state index is 0.377. The molecule has 0 saturated heterocycles. The smallest absolute Gasteiger partial charge is 0.153 e. The molecule has 0 aliphatic rings. The predicted molar refractivity (Wildman–Crippen MR) is 88.6 cm³/mol. The van der Waals surface area contributed by atoms with E-state index in [1.165, 1.54) is 16.8 Å². The zero-order valence-corrected chi connectivity index (χ0v) is 12.9. The third-order valence-electron chi connectivity index (χ3n) is 3.75. The number of hydrogen-bond donors (Lipinski definition) is 2. The molecule has 0 aromatic carbocycles. The Labute approximate surface area is 141 Å².